The minimum atomic E-state index is -0.939. The highest BCUT2D eigenvalue weighted by Crippen LogP contribution is 1.90. The highest BCUT2D eigenvalue weighted by atomic mass is 16.5. The standard InChI is InChI=1S/C8H16O4/c1-3-4-11-5-6-12-7(2)8(9)10/h7H,3-6H2,1-2H3,(H,9,10). The fraction of sp³-hybridized carbons (Fsp3) is 0.875. The molecule has 0 heterocycles. The largest absolute Gasteiger partial charge is 0.479 e. The fourth-order valence-corrected chi connectivity index (χ4v) is 0.602. The van der Waals surface area contributed by atoms with E-state index in [1.54, 1.807) is 0 Å². The maximum atomic E-state index is 10.3. The minimum Gasteiger partial charge on any atom is -0.479 e. The molecule has 0 aromatic rings. The van der Waals surface area contributed by atoms with Crippen molar-refractivity contribution in [2.24, 2.45) is 0 Å². The van der Waals surface area contributed by atoms with Crippen LogP contribution >= 0.6 is 0 Å². The summed E-state index contributed by atoms with van der Waals surface area (Å²) < 4.78 is 10.0. The smallest absolute Gasteiger partial charge is 0.332 e. The summed E-state index contributed by atoms with van der Waals surface area (Å²) in [6.07, 6.45) is 0.226. The van der Waals surface area contributed by atoms with Crippen LogP contribution in [0.1, 0.15) is 20.3 Å². The number of aliphatic carboxylic acids is 1. The van der Waals surface area contributed by atoms with Crippen molar-refractivity contribution in [2.75, 3.05) is 19.8 Å². The molecule has 1 N–H and O–H groups in total. The minimum absolute atomic E-state index is 0.341. The summed E-state index contributed by atoms with van der Waals surface area (Å²) >= 11 is 0. The molecule has 0 amide bonds. The Kier molecular flexibility index (Phi) is 6.70. The first-order valence-electron chi connectivity index (χ1n) is 4.10. The average molecular weight is 176 g/mol. The van der Waals surface area contributed by atoms with Gasteiger partial charge in [0.1, 0.15) is 0 Å². The molecule has 0 saturated heterocycles. The molecule has 0 fully saturated rings. The fourth-order valence-electron chi connectivity index (χ4n) is 0.602. The number of carboxylic acids is 1. The lowest BCUT2D eigenvalue weighted by molar-refractivity contribution is -0.149. The van der Waals surface area contributed by atoms with Gasteiger partial charge in [-0.25, -0.2) is 4.79 Å². The SMILES string of the molecule is CCCOCCOC(C)C(=O)O. The van der Waals surface area contributed by atoms with Gasteiger partial charge in [-0.05, 0) is 13.3 Å². The second-order valence-corrected chi connectivity index (χ2v) is 2.46. The summed E-state index contributed by atoms with van der Waals surface area (Å²) in [6.45, 7) is 5.02. The Morgan fingerprint density at radius 2 is 2.08 bits per heavy atom. The summed E-state index contributed by atoms with van der Waals surface area (Å²) in [4.78, 5) is 10.3. The van der Waals surface area contributed by atoms with Gasteiger partial charge in [0.15, 0.2) is 6.10 Å². The van der Waals surface area contributed by atoms with Crippen molar-refractivity contribution in [3.63, 3.8) is 0 Å². The van der Waals surface area contributed by atoms with Gasteiger partial charge in [0.2, 0.25) is 0 Å². The molecule has 0 spiro atoms. The summed E-state index contributed by atoms with van der Waals surface area (Å²) in [5, 5.41) is 8.42. The first-order valence-corrected chi connectivity index (χ1v) is 4.10. The zero-order valence-electron chi connectivity index (χ0n) is 7.58. The second kappa shape index (κ2) is 7.06. The number of carbonyl (C=O) groups is 1. The number of carboxylic acid groups (broad SMARTS) is 1. The zero-order valence-corrected chi connectivity index (χ0v) is 7.58. The molecular formula is C8H16O4. The van der Waals surface area contributed by atoms with Crippen molar-refractivity contribution in [3.05, 3.63) is 0 Å². The maximum absolute atomic E-state index is 10.3. The monoisotopic (exact) mass is 176 g/mol. The molecule has 1 atom stereocenters. The molecule has 72 valence electrons. The highest BCUT2D eigenvalue weighted by molar-refractivity contribution is 5.71. The molecule has 4 nitrogen and oxygen atoms in total. The third-order valence-electron chi connectivity index (χ3n) is 1.29. The Labute approximate surface area is 72.5 Å². The Hall–Kier alpha value is -0.610. The Balaban J connectivity index is 3.14. The van der Waals surface area contributed by atoms with Gasteiger partial charge in [0, 0.05) is 6.61 Å². The summed E-state index contributed by atoms with van der Waals surface area (Å²) in [6, 6.07) is 0. The number of ether oxygens (including phenoxy) is 2. The van der Waals surface area contributed by atoms with E-state index < -0.39 is 12.1 Å². The third-order valence-corrected chi connectivity index (χ3v) is 1.29. The molecule has 0 aliphatic heterocycles. The quantitative estimate of drug-likeness (QED) is 0.585. The topological polar surface area (TPSA) is 55.8 Å². The van der Waals surface area contributed by atoms with Crippen LogP contribution in [0.2, 0.25) is 0 Å². The van der Waals surface area contributed by atoms with Crippen LogP contribution in [0, 0.1) is 0 Å². The van der Waals surface area contributed by atoms with Gasteiger partial charge in [-0.2, -0.15) is 0 Å². The van der Waals surface area contributed by atoms with Crippen LogP contribution in [0.15, 0.2) is 0 Å². The zero-order chi connectivity index (χ0) is 9.40. The highest BCUT2D eigenvalue weighted by Gasteiger charge is 2.09. The van der Waals surface area contributed by atoms with Crippen molar-refractivity contribution in [1.29, 1.82) is 0 Å². The van der Waals surface area contributed by atoms with E-state index in [-0.39, 0.29) is 0 Å². The second-order valence-electron chi connectivity index (χ2n) is 2.46. The molecule has 0 aromatic carbocycles. The van der Waals surface area contributed by atoms with E-state index >= 15 is 0 Å². The van der Waals surface area contributed by atoms with E-state index in [1.807, 2.05) is 6.92 Å². The van der Waals surface area contributed by atoms with Crippen LogP contribution in [-0.4, -0.2) is 37.0 Å². The van der Waals surface area contributed by atoms with E-state index in [9.17, 15) is 4.79 Å². The molecule has 0 rings (SSSR count). The summed E-state index contributed by atoms with van der Waals surface area (Å²) in [7, 11) is 0. The van der Waals surface area contributed by atoms with Crippen molar-refractivity contribution >= 4 is 5.97 Å². The van der Waals surface area contributed by atoms with Gasteiger partial charge in [0.05, 0.1) is 13.2 Å². The lowest BCUT2D eigenvalue weighted by Gasteiger charge is -2.07. The predicted octanol–water partition coefficient (Wildman–Crippen LogP) is 0.903. The molecule has 0 aliphatic rings. The van der Waals surface area contributed by atoms with Gasteiger partial charge >= 0.3 is 5.97 Å². The molecular weight excluding hydrogens is 160 g/mol. The van der Waals surface area contributed by atoms with Crippen LogP contribution in [-0.2, 0) is 14.3 Å². The first kappa shape index (κ1) is 11.4. The van der Waals surface area contributed by atoms with E-state index in [2.05, 4.69) is 0 Å². The lowest BCUT2D eigenvalue weighted by Crippen LogP contribution is -2.21. The molecule has 4 heteroatoms. The van der Waals surface area contributed by atoms with Crippen LogP contribution in [0.3, 0.4) is 0 Å². The van der Waals surface area contributed by atoms with Gasteiger partial charge in [-0.15, -0.1) is 0 Å². The normalized spacial score (nSPS) is 12.8. The number of hydrogen-bond acceptors (Lipinski definition) is 3. The Morgan fingerprint density at radius 1 is 1.42 bits per heavy atom. The van der Waals surface area contributed by atoms with Crippen LogP contribution in [0.4, 0.5) is 0 Å². The van der Waals surface area contributed by atoms with E-state index in [0.717, 1.165) is 6.42 Å². The van der Waals surface area contributed by atoms with Crippen LogP contribution in [0.5, 0.6) is 0 Å². The number of rotatable bonds is 7. The summed E-state index contributed by atoms with van der Waals surface area (Å²) in [5.41, 5.74) is 0. The van der Waals surface area contributed by atoms with Crippen molar-refractivity contribution in [3.8, 4) is 0 Å². The van der Waals surface area contributed by atoms with Crippen molar-refractivity contribution < 1.29 is 19.4 Å². The van der Waals surface area contributed by atoms with Gasteiger partial charge < -0.3 is 14.6 Å². The molecule has 0 radical (unpaired) electrons. The molecule has 0 aromatic heterocycles. The predicted molar refractivity (Wildman–Crippen MR) is 44.2 cm³/mol. The number of hydrogen-bond donors (Lipinski definition) is 1. The lowest BCUT2D eigenvalue weighted by atomic mass is 10.4. The van der Waals surface area contributed by atoms with Gasteiger partial charge in [-0.3, -0.25) is 0 Å². The maximum Gasteiger partial charge on any atom is 0.332 e. The first-order chi connectivity index (χ1) is 5.68. The molecule has 12 heavy (non-hydrogen) atoms. The Bertz CT molecular complexity index is 124. The Morgan fingerprint density at radius 3 is 2.58 bits per heavy atom. The average Bonchev–Trinajstić information content (AvgIpc) is 2.03. The third kappa shape index (κ3) is 6.12. The van der Waals surface area contributed by atoms with Gasteiger partial charge in [0.25, 0.3) is 0 Å². The van der Waals surface area contributed by atoms with Crippen molar-refractivity contribution in [2.45, 2.75) is 26.4 Å². The van der Waals surface area contributed by atoms with Crippen LogP contribution < -0.4 is 0 Å². The van der Waals surface area contributed by atoms with Gasteiger partial charge in [-0.1, -0.05) is 6.92 Å². The summed E-state index contributed by atoms with van der Waals surface area (Å²) in [5.74, 6) is -0.939. The van der Waals surface area contributed by atoms with E-state index in [0.29, 0.717) is 19.8 Å². The molecule has 0 bridgehead atoms. The molecule has 0 saturated carbocycles. The molecule has 0 aliphatic carbocycles. The van der Waals surface area contributed by atoms with Crippen LogP contribution in [0.25, 0.3) is 0 Å². The van der Waals surface area contributed by atoms with Crippen molar-refractivity contribution in [1.82, 2.24) is 0 Å². The molecule has 1 unspecified atom stereocenters. The van der Waals surface area contributed by atoms with E-state index in [1.165, 1.54) is 6.92 Å². The van der Waals surface area contributed by atoms with E-state index in [4.69, 9.17) is 14.6 Å².